The van der Waals surface area contributed by atoms with Crippen LogP contribution in [0.15, 0.2) is 18.5 Å². The van der Waals surface area contributed by atoms with Gasteiger partial charge in [0.05, 0.1) is 17.6 Å². The minimum Gasteiger partial charge on any atom is -0.313 e. The van der Waals surface area contributed by atoms with E-state index in [4.69, 9.17) is 0 Å². The van der Waals surface area contributed by atoms with Gasteiger partial charge in [0.2, 0.25) is 0 Å². The van der Waals surface area contributed by atoms with E-state index in [2.05, 4.69) is 26.7 Å². The number of rotatable bonds is 4. The lowest BCUT2D eigenvalue weighted by molar-refractivity contribution is 0.581. The lowest BCUT2D eigenvalue weighted by Crippen LogP contribution is -2.20. The highest BCUT2D eigenvalue weighted by molar-refractivity contribution is 5.25. The average Bonchev–Trinajstić information content (AvgIpc) is 2.75. The second-order valence-corrected chi connectivity index (χ2v) is 4.59. The molecule has 0 aliphatic rings. The van der Waals surface area contributed by atoms with Crippen molar-refractivity contribution in [3.05, 3.63) is 41.0 Å². The first-order valence-electron chi connectivity index (χ1n) is 6.05. The number of nitrogens with zero attached hydrogens (tertiary/aromatic N) is 4. The van der Waals surface area contributed by atoms with Crippen LogP contribution in [0.5, 0.6) is 0 Å². The highest BCUT2D eigenvalue weighted by Crippen LogP contribution is 2.20. The molecule has 0 aromatic carbocycles. The molecule has 0 amide bonds. The predicted molar refractivity (Wildman–Crippen MR) is 70.2 cm³/mol. The third-order valence-corrected chi connectivity index (χ3v) is 3.06. The van der Waals surface area contributed by atoms with E-state index in [1.807, 2.05) is 45.0 Å². The second kappa shape index (κ2) is 5.27. The van der Waals surface area contributed by atoms with Gasteiger partial charge in [0.1, 0.15) is 0 Å². The van der Waals surface area contributed by atoms with Gasteiger partial charge in [-0.3, -0.25) is 4.68 Å². The summed E-state index contributed by atoms with van der Waals surface area (Å²) in [5.74, 6) is 0. The Labute approximate surface area is 107 Å². The molecule has 1 atom stereocenters. The zero-order chi connectivity index (χ0) is 13.1. The maximum atomic E-state index is 4.20. The molecule has 18 heavy (non-hydrogen) atoms. The quantitative estimate of drug-likeness (QED) is 0.883. The van der Waals surface area contributed by atoms with Crippen LogP contribution in [-0.2, 0) is 13.5 Å². The molecule has 2 rings (SSSR count). The predicted octanol–water partition coefficient (Wildman–Crippen LogP) is 1.33. The Kier molecular flexibility index (Phi) is 3.72. The first kappa shape index (κ1) is 12.7. The summed E-state index contributed by atoms with van der Waals surface area (Å²) in [4.78, 5) is 0. The molecule has 5 nitrogen and oxygen atoms in total. The smallest absolute Gasteiger partial charge is 0.0648 e. The van der Waals surface area contributed by atoms with E-state index >= 15 is 0 Å². The Bertz CT molecular complexity index is 532. The lowest BCUT2D eigenvalue weighted by atomic mass is 9.99. The summed E-state index contributed by atoms with van der Waals surface area (Å²) in [5.41, 5.74) is 4.34. The average molecular weight is 245 g/mol. The van der Waals surface area contributed by atoms with Gasteiger partial charge in [-0.1, -0.05) is 0 Å². The molecule has 0 radical (unpaired) electrons. The fourth-order valence-corrected chi connectivity index (χ4v) is 2.10. The monoisotopic (exact) mass is 245 g/mol. The highest BCUT2D eigenvalue weighted by atomic mass is 15.2. The van der Waals surface area contributed by atoms with E-state index in [1.54, 1.807) is 0 Å². The number of aromatic nitrogens is 4. The SMILES string of the molecule is CNC(Cc1cnn(C)c1)c1cc(C)nnc1C. The van der Waals surface area contributed by atoms with Crippen LogP contribution in [0.3, 0.4) is 0 Å². The number of aryl methyl sites for hydroxylation is 3. The van der Waals surface area contributed by atoms with Gasteiger partial charge in [0.15, 0.2) is 0 Å². The van der Waals surface area contributed by atoms with E-state index in [1.165, 1.54) is 11.1 Å². The van der Waals surface area contributed by atoms with Crippen molar-refractivity contribution in [3.63, 3.8) is 0 Å². The Balaban J connectivity index is 2.25. The summed E-state index contributed by atoms with van der Waals surface area (Å²) < 4.78 is 1.82. The van der Waals surface area contributed by atoms with Crippen molar-refractivity contribution in [2.45, 2.75) is 26.3 Å². The van der Waals surface area contributed by atoms with Gasteiger partial charge in [0.25, 0.3) is 0 Å². The summed E-state index contributed by atoms with van der Waals surface area (Å²) in [7, 11) is 3.90. The van der Waals surface area contributed by atoms with Crippen molar-refractivity contribution in [2.24, 2.45) is 7.05 Å². The fraction of sp³-hybridized carbons (Fsp3) is 0.462. The molecule has 2 aromatic rings. The molecular formula is C13H19N5. The van der Waals surface area contributed by atoms with Gasteiger partial charge in [0, 0.05) is 19.3 Å². The maximum absolute atomic E-state index is 4.20. The maximum Gasteiger partial charge on any atom is 0.0648 e. The molecular weight excluding hydrogens is 226 g/mol. The minimum absolute atomic E-state index is 0.239. The number of hydrogen-bond acceptors (Lipinski definition) is 4. The lowest BCUT2D eigenvalue weighted by Gasteiger charge is -2.17. The van der Waals surface area contributed by atoms with Gasteiger partial charge in [-0.15, -0.1) is 0 Å². The first-order chi connectivity index (χ1) is 8.60. The molecule has 1 N–H and O–H groups in total. The van der Waals surface area contributed by atoms with Gasteiger partial charge in [-0.2, -0.15) is 15.3 Å². The molecule has 0 aliphatic heterocycles. The van der Waals surface area contributed by atoms with Gasteiger partial charge in [-0.05, 0) is 44.5 Å². The molecule has 5 heteroatoms. The van der Waals surface area contributed by atoms with Crippen LogP contribution in [-0.4, -0.2) is 27.0 Å². The van der Waals surface area contributed by atoms with Gasteiger partial charge in [-0.25, -0.2) is 0 Å². The molecule has 2 heterocycles. The number of nitrogens with one attached hydrogen (secondary N) is 1. The normalized spacial score (nSPS) is 12.7. The highest BCUT2D eigenvalue weighted by Gasteiger charge is 2.15. The molecule has 0 spiro atoms. The van der Waals surface area contributed by atoms with Crippen LogP contribution in [0.4, 0.5) is 0 Å². The van der Waals surface area contributed by atoms with Crippen LogP contribution in [0.1, 0.15) is 28.6 Å². The zero-order valence-electron chi connectivity index (χ0n) is 11.3. The van der Waals surface area contributed by atoms with E-state index in [0.717, 1.165) is 17.8 Å². The Morgan fingerprint density at radius 2 is 2.11 bits per heavy atom. The van der Waals surface area contributed by atoms with Crippen LogP contribution < -0.4 is 5.32 Å². The topological polar surface area (TPSA) is 55.6 Å². The van der Waals surface area contributed by atoms with Crippen molar-refractivity contribution >= 4 is 0 Å². The van der Waals surface area contributed by atoms with Crippen molar-refractivity contribution in [1.29, 1.82) is 0 Å². The van der Waals surface area contributed by atoms with Crippen LogP contribution in [0.2, 0.25) is 0 Å². The van der Waals surface area contributed by atoms with Gasteiger partial charge < -0.3 is 5.32 Å². The van der Waals surface area contributed by atoms with Crippen molar-refractivity contribution in [3.8, 4) is 0 Å². The summed E-state index contributed by atoms with van der Waals surface area (Å²) in [6.45, 7) is 3.96. The summed E-state index contributed by atoms with van der Waals surface area (Å²) >= 11 is 0. The van der Waals surface area contributed by atoms with Crippen LogP contribution >= 0.6 is 0 Å². The third-order valence-electron chi connectivity index (χ3n) is 3.06. The van der Waals surface area contributed by atoms with E-state index in [9.17, 15) is 0 Å². The van der Waals surface area contributed by atoms with Crippen molar-refractivity contribution in [2.75, 3.05) is 7.05 Å². The van der Waals surface area contributed by atoms with E-state index in [0.29, 0.717) is 0 Å². The summed E-state index contributed by atoms with van der Waals surface area (Å²) in [5, 5.41) is 15.8. The van der Waals surface area contributed by atoms with Gasteiger partial charge >= 0.3 is 0 Å². The van der Waals surface area contributed by atoms with Crippen molar-refractivity contribution < 1.29 is 0 Å². The number of likely N-dealkylation sites (N-methyl/N-ethyl adjacent to an activating group) is 1. The molecule has 2 aromatic heterocycles. The Morgan fingerprint density at radius 3 is 2.72 bits per heavy atom. The van der Waals surface area contributed by atoms with Crippen LogP contribution in [0.25, 0.3) is 0 Å². The molecule has 1 unspecified atom stereocenters. The zero-order valence-corrected chi connectivity index (χ0v) is 11.3. The standard InChI is InChI=1S/C13H19N5/c1-9-5-12(10(2)17-16-9)13(14-3)6-11-7-15-18(4)8-11/h5,7-8,13-14H,6H2,1-4H3. The first-order valence-corrected chi connectivity index (χ1v) is 6.05. The molecule has 0 fully saturated rings. The molecule has 0 aliphatic carbocycles. The molecule has 0 saturated carbocycles. The van der Waals surface area contributed by atoms with Crippen LogP contribution in [0, 0.1) is 13.8 Å². The van der Waals surface area contributed by atoms with Crippen molar-refractivity contribution in [1.82, 2.24) is 25.3 Å². The Hall–Kier alpha value is -1.75. The largest absolute Gasteiger partial charge is 0.313 e. The molecule has 96 valence electrons. The molecule has 0 saturated heterocycles. The number of hydrogen-bond donors (Lipinski definition) is 1. The summed E-state index contributed by atoms with van der Waals surface area (Å²) in [6, 6.07) is 2.34. The molecule has 0 bridgehead atoms. The Morgan fingerprint density at radius 1 is 1.33 bits per heavy atom. The third kappa shape index (κ3) is 2.73. The van der Waals surface area contributed by atoms with E-state index < -0.39 is 0 Å². The fourth-order valence-electron chi connectivity index (χ4n) is 2.10. The minimum atomic E-state index is 0.239. The van der Waals surface area contributed by atoms with E-state index in [-0.39, 0.29) is 6.04 Å². The second-order valence-electron chi connectivity index (χ2n) is 4.59. The summed E-state index contributed by atoms with van der Waals surface area (Å²) in [6.07, 6.45) is 4.85.